The molecule has 1 aliphatic rings. The molecule has 1 fully saturated rings. The Morgan fingerprint density at radius 3 is 2.58 bits per heavy atom. The average molecular weight is 486 g/mol. The number of para-hydroxylation sites is 1. The van der Waals surface area contributed by atoms with Crippen LogP contribution in [0.2, 0.25) is 0 Å². The summed E-state index contributed by atoms with van der Waals surface area (Å²) >= 11 is 0. The van der Waals surface area contributed by atoms with Crippen molar-refractivity contribution < 1.29 is 14.0 Å². The largest absolute Gasteiger partial charge is 0.351 e. The van der Waals surface area contributed by atoms with Crippen LogP contribution in [-0.2, 0) is 16.1 Å². The zero-order valence-electron chi connectivity index (χ0n) is 20.1. The molecule has 3 aromatic carbocycles. The molecule has 1 heterocycles. The first-order valence-corrected chi connectivity index (χ1v) is 12.2. The molecular formula is C28H28FN5O2. The molecule has 1 aromatic heterocycles. The molecule has 1 atom stereocenters. The lowest BCUT2D eigenvalue weighted by Gasteiger charge is -2.33. The number of aryl methyl sites for hydroxylation is 1. The predicted octanol–water partition coefficient (Wildman–Crippen LogP) is 4.71. The van der Waals surface area contributed by atoms with Gasteiger partial charge in [-0.25, -0.2) is 9.07 Å². The van der Waals surface area contributed by atoms with Crippen molar-refractivity contribution in [2.75, 3.05) is 4.90 Å². The highest BCUT2D eigenvalue weighted by atomic mass is 19.1. The Labute approximate surface area is 208 Å². The van der Waals surface area contributed by atoms with E-state index in [1.165, 1.54) is 21.7 Å². The first-order chi connectivity index (χ1) is 17.5. The van der Waals surface area contributed by atoms with Crippen molar-refractivity contribution >= 4 is 28.5 Å². The van der Waals surface area contributed by atoms with Crippen molar-refractivity contribution in [2.45, 2.75) is 51.2 Å². The van der Waals surface area contributed by atoms with Crippen LogP contribution in [0.1, 0.15) is 42.9 Å². The van der Waals surface area contributed by atoms with E-state index >= 15 is 0 Å². The Kier molecular flexibility index (Phi) is 6.75. The first-order valence-electron chi connectivity index (χ1n) is 12.2. The summed E-state index contributed by atoms with van der Waals surface area (Å²) in [5.41, 5.74) is 3.22. The van der Waals surface area contributed by atoms with E-state index in [4.69, 9.17) is 0 Å². The van der Waals surface area contributed by atoms with E-state index in [1.54, 1.807) is 12.1 Å². The smallest absolute Gasteiger partial charge is 0.249 e. The van der Waals surface area contributed by atoms with Gasteiger partial charge in [0.15, 0.2) is 0 Å². The van der Waals surface area contributed by atoms with Crippen molar-refractivity contribution in [1.29, 1.82) is 0 Å². The van der Waals surface area contributed by atoms with Gasteiger partial charge in [0.05, 0.1) is 5.52 Å². The number of aromatic nitrogens is 3. The van der Waals surface area contributed by atoms with Gasteiger partial charge in [-0.15, -0.1) is 5.10 Å². The highest BCUT2D eigenvalue weighted by Crippen LogP contribution is 2.32. The molecule has 7 nitrogen and oxygen atoms in total. The van der Waals surface area contributed by atoms with Crippen molar-refractivity contribution in [3.63, 3.8) is 0 Å². The number of benzene rings is 3. The Bertz CT molecular complexity index is 1400. The van der Waals surface area contributed by atoms with Crippen LogP contribution in [0.5, 0.6) is 0 Å². The molecule has 0 bridgehead atoms. The monoisotopic (exact) mass is 485 g/mol. The van der Waals surface area contributed by atoms with Crippen LogP contribution in [0, 0.1) is 12.7 Å². The topological polar surface area (TPSA) is 80.1 Å². The average Bonchev–Trinajstić information content (AvgIpc) is 3.53. The molecule has 5 rings (SSSR count). The molecule has 0 aliphatic heterocycles. The number of halogens is 1. The summed E-state index contributed by atoms with van der Waals surface area (Å²) in [5.74, 6) is -1.17. The van der Waals surface area contributed by atoms with Crippen molar-refractivity contribution in [3.8, 4) is 0 Å². The van der Waals surface area contributed by atoms with Crippen LogP contribution in [0.4, 0.5) is 10.1 Å². The van der Waals surface area contributed by atoms with Crippen LogP contribution < -0.4 is 10.2 Å². The normalized spacial score (nSPS) is 14.6. The summed E-state index contributed by atoms with van der Waals surface area (Å²) < 4.78 is 15.9. The second-order valence-corrected chi connectivity index (χ2v) is 9.23. The predicted molar refractivity (Wildman–Crippen MR) is 136 cm³/mol. The van der Waals surface area contributed by atoms with E-state index in [0.29, 0.717) is 22.3 Å². The van der Waals surface area contributed by atoms with Crippen LogP contribution in [0.15, 0.2) is 72.8 Å². The summed E-state index contributed by atoms with van der Waals surface area (Å²) in [6.07, 6.45) is 3.94. The van der Waals surface area contributed by atoms with E-state index in [-0.39, 0.29) is 18.5 Å². The lowest BCUT2D eigenvalue weighted by molar-refractivity contribution is -0.127. The number of carbonyl (C=O) groups is 2. The number of anilines is 1. The number of fused-ring (bicyclic) bond motifs is 1. The zero-order chi connectivity index (χ0) is 25.1. The number of rotatable bonds is 7. The summed E-state index contributed by atoms with van der Waals surface area (Å²) in [5, 5.41) is 11.4. The third-order valence-electron chi connectivity index (χ3n) is 6.75. The molecule has 184 valence electrons. The Balaban J connectivity index is 1.59. The van der Waals surface area contributed by atoms with Crippen LogP contribution >= 0.6 is 0 Å². The summed E-state index contributed by atoms with van der Waals surface area (Å²) in [6.45, 7) is 1.75. The maximum absolute atomic E-state index is 14.4. The van der Waals surface area contributed by atoms with Gasteiger partial charge in [-0.3, -0.25) is 14.5 Å². The fourth-order valence-electron chi connectivity index (χ4n) is 4.94. The molecule has 8 heteroatoms. The van der Waals surface area contributed by atoms with Crippen LogP contribution in [-0.4, -0.2) is 32.9 Å². The number of hydrogen-bond acceptors (Lipinski definition) is 4. The summed E-state index contributed by atoms with van der Waals surface area (Å²) in [4.78, 5) is 29.2. The van der Waals surface area contributed by atoms with E-state index in [1.807, 2.05) is 55.5 Å². The SMILES string of the molecule is Cc1ccccc1[C@H](C(=O)NC1CCCC1)N(C(=O)Cn1nnc2ccccc21)c1cccc(F)c1. The molecule has 0 radical (unpaired) electrons. The van der Waals surface area contributed by atoms with Crippen molar-refractivity contribution in [3.05, 3.63) is 89.7 Å². The van der Waals surface area contributed by atoms with Gasteiger partial charge in [0.1, 0.15) is 23.9 Å². The van der Waals surface area contributed by atoms with Gasteiger partial charge < -0.3 is 5.32 Å². The van der Waals surface area contributed by atoms with Gasteiger partial charge in [0, 0.05) is 11.7 Å². The molecule has 0 saturated heterocycles. The van der Waals surface area contributed by atoms with Crippen LogP contribution in [0.25, 0.3) is 11.0 Å². The van der Waals surface area contributed by atoms with Gasteiger partial charge in [-0.05, 0) is 61.2 Å². The second kappa shape index (κ2) is 10.3. The van der Waals surface area contributed by atoms with Gasteiger partial charge in [-0.1, -0.05) is 60.5 Å². The van der Waals surface area contributed by atoms with Gasteiger partial charge in [-0.2, -0.15) is 0 Å². The maximum Gasteiger partial charge on any atom is 0.249 e. The zero-order valence-corrected chi connectivity index (χ0v) is 20.1. The summed E-state index contributed by atoms with van der Waals surface area (Å²) in [6, 6.07) is 19.7. The van der Waals surface area contributed by atoms with Crippen molar-refractivity contribution in [2.24, 2.45) is 0 Å². The molecule has 0 spiro atoms. The molecule has 4 aromatic rings. The molecule has 2 amide bonds. The van der Waals surface area contributed by atoms with E-state index in [0.717, 1.165) is 31.2 Å². The molecule has 1 aliphatic carbocycles. The third kappa shape index (κ3) is 4.84. The molecule has 0 unspecified atom stereocenters. The Hall–Kier alpha value is -4.07. The Morgan fingerprint density at radius 1 is 1.06 bits per heavy atom. The standard InChI is InChI=1S/C28H28FN5O2/c1-19-9-2-5-14-23(19)27(28(36)30-21-11-3-4-12-21)34(22-13-8-10-20(29)17-22)26(35)18-33-25-16-7-6-15-24(25)31-32-33/h2,5-10,13-17,21,27H,3-4,11-12,18H2,1H3,(H,30,36)/t27-/m1/s1. The van der Waals surface area contributed by atoms with Gasteiger partial charge >= 0.3 is 0 Å². The first kappa shape index (κ1) is 23.7. The van der Waals surface area contributed by atoms with Gasteiger partial charge in [0.25, 0.3) is 0 Å². The van der Waals surface area contributed by atoms with Gasteiger partial charge in [0.2, 0.25) is 11.8 Å². The van der Waals surface area contributed by atoms with E-state index < -0.39 is 17.8 Å². The number of amides is 2. The highest BCUT2D eigenvalue weighted by molar-refractivity contribution is 6.01. The highest BCUT2D eigenvalue weighted by Gasteiger charge is 2.35. The summed E-state index contributed by atoms with van der Waals surface area (Å²) in [7, 11) is 0. The minimum atomic E-state index is -0.976. The quantitative estimate of drug-likeness (QED) is 0.411. The molecular weight excluding hydrogens is 457 g/mol. The maximum atomic E-state index is 14.4. The third-order valence-corrected chi connectivity index (χ3v) is 6.75. The molecule has 1 N–H and O–H groups in total. The van der Waals surface area contributed by atoms with Crippen molar-refractivity contribution in [1.82, 2.24) is 20.3 Å². The second-order valence-electron chi connectivity index (χ2n) is 9.23. The van der Waals surface area contributed by atoms with E-state index in [2.05, 4.69) is 15.6 Å². The number of carbonyl (C=O) groups excluding carboxylic acids is 2. The fraction of sp³-hybridized carbons (Fsp3) is 0.286. The number of hydrogen-bond donors (Lipinski definition) is 1. The lowest BCUT2D eigenvalue weighted by Crippen LogP contribution is -2.47. The number of nitrogens with one attached hydrogen (secondary N) is 1. The number of nitrogens with zero attached hydrogens (tertiary/aromatic N) is 4. The minimum absolute atomic E-state index is 0.0627. The lowest BCUT2D eigenvalue weighted by atomic mass is 9.97. The van der Waals surface area contributed by atoms with Crippen LogP contribution in [0.3, 0.4) is 0 Å². The van der Waals surface area contributed by atoms with E-state index in [9.17, 15) is 14.0 Å². The molecule has 36 heavy (non-hydrogen) atoms. The minimum Gasteiger partial charge on any atom is -0.351 e. The fourth-order valence-corrected chi connectivity index (χ4v) is 4.94. The Morgan fingerprint density at radius 2 is 1.81 bits per heavy atom. The molecule has 1 saturated carbocycles.